The maximum absolute atomic E-state index is 10.0. The zero-order valence-corrected chi connectivity index (χ0v) is 16.0. The average Bonchev–Trinajstić information content (AvgIpc) is 3.09. The van der Waals surface area contributed by atoms with Crippen molar-refractivity contribution in [2.24, 2.45) is 0 Å². The van der Waals surface area contributed by atoms with Gasteiger partial charge in [0.15, 0.2) is 0 Å². The molecular weight excluding hydrogens is 342 g/mol. The molecule has 5 rings (SSSR count). The van der Waals surface area contributed by atoms with E-state index in [-0.39, 0.29) is 0 Å². The Balaban J connectivity index is 0.000000203. The fourth-order valence-corrected chi connectivity index (χ4v) is 3.81. The summed E-state index contributed by atoms with van der Waals surface area (Å²) in [6.45, 7) is 3.31. The second-order valence-electron chi connectivity index (χ2n) is 6.88. The number of nitrogens with zero attached hydrogens (tertiary/aromatic N) is 1. The predicted octanol–water partition coefficient (Wildman–Crippen LogP) is 6.86. The molecule has 0 unspecified atom stereocenters. The molecule has 0 saturated heterocycles. The van der Waals surface area contributed by atoms with Gasteiger partial charge in [-0.05, 0) is 17.9 Å². The zero-order chi connectivity index (χ0) is 19.3. The highest BCUT2D eigenvalue weighted by atomic mass is 16.1. The van der Waals surface area contributed by atoms with Crippen molar-refractivity contribution in [2.45, 2.75) is 19.9 Å². The number of para-hydroxylation sites is 1. The molecule has 0 aliphatic heterocycles. The molecule has 0 bridgehead atoms. The summed E-state index contributed by atoms with van der Waals surface area (Å²) >= 11 is 0. The minimum absolute atomic E-state index is 0.729. The lowest BCUT2D eigenvalue weighted by molar-refractivity contribution is 0.112. The van der Waals surface area contributed by atoms with Crippen molar-refractivity contribution in [3.63, 3.8) is 0 Å². The number of aromatic nitrogens is 1. The van der Waals surface area contributed by atoms with Gasteiger partial charge in [-0.25, -0.2) is 0 Å². The first-order valence-electron chi connectivity index (χ1n) is 9.72. The van der Waals surface area contributed by atoms with Gasteiger partial charge in [0.2, 0.25) is 0 Å². The lowest BCUT2D eigenvalue weighted by atomic mass is 10.1. The molecule has 0 spiro atoms. The highest BCUT2D eigenvalue weighted by Gasteiger charge is 2.11. The number of hydrogen-bond acceptors (Lipinski definition) is 1. The van der Waals surface area contributed by atoms with Crippen LogP contribution in [0.3, 0.4) is 0 Å². The number of fused-ring (bicyclic) bond motifs is 5. The van der Waals surface area contributed by atoms with Gasteiger partial charge >= 0.3 is 0 Å². The Hall–Kier alpha value is -3.39. The molecule has 0 radical (unpaired) electrons. The molecule has 2 nitrogen and oxygen atoms in total. The zero-order valence-electron chi connectivity index (χ0n) is 16.0. The standard InChI is InChI=1S/C19H17N.C7H6O/c1-2-13-20-18-10-6-5-9-16(18)17-12-11-14-7-3-4-8-15(14)19(17)20;8-6-7-4-2-1-3-5-7/h3-12H,2,13H2,1H3;1-6H. The van der Waals surface area contributed by atoms with E-state index in [1.165, 1.54) is 32.6 Å². The third-order valence-electron chi connectivity index (χ3n) is 5.04. The van der Waals surface area contributed by atoms with E-state index in [1.54, 1.807) is 12.1 Å². The van der Waals surface area contributed by atoms with E-state index in [0.29, 0.717) is 0 Å². The third kappa shape index (κ3) is 3.29. The number of carbonyl (C=O) groups excluding carboxylic acids is 1. The Morgan fingerprint density at radius 2 is 1.39 bits per heavy atom. The topological polar surface area (TPSA) is 22.0 Å². The SMILES string of the molecule is CCCn1c2ccccc2c2ccc3ccccc3c21.O=Cc1ccccc1. The van der Waals surface area contributed by atoms with Crippen LogP contribution < -0.4 is 0 Å². The van der Waals surface area contributed by atoms with Gasteiger partial charge in [-0.15, -0.1) is 0 Å². The third-order valence-corrected chi connectivity index (χ3v) is 5.04. The van der Waals surface area contributed by atoms with E-state index in [1.807, 2.05) is 18.2 Å². The average molecular weight is 365 g/mol. The van der Waals surface area contributed by atoms with E-state index < -0.39 is 0 Å². The Labute approximate surface area is 165 Å². The van der Waals surface area contributed by atoms with Crippen LogP contribution in [0.25, 0.3) is 32.6 Å². The van der Waals surface area contributed by atoms with E-state index in [0.717, 1.165) is 24.8 Å². The van der Waals surface area contributed by atoms with E-state index in [9.17, 15) is 4.79 Å². The van der Waals surface area contributed by atoms with Crippen LogP contribution in [0.2, 0.25) is 0 Å². The van der Waals surface area contributed by atoms with Gasteiger partial charge in [-0.1, -0.05) is 91.9 Å². The molecular formula is C26H23NO. The summed E-state index contributed by atoms with van der Waals surface area (Å²) in [6, 6.07) is 31.0. The molecule has 1 aromatic heterocycles. The second kappa shape index (κ2) is 8.10. The molecule has 0 N–H and O–H groups in total. The number of rotatable bonds is 3. The van der Waals surface area contributed by atoms with Crippen LogP contribution >= 0.6 is 0 Å². The van der Waals surface area contributed by atoms with Gasteiger partial charge in [-0.2, -0.15) is 0 Å². The maximum atomic E-state index is 10.0. The van der Waals surface area contributed by atoms with Crippen LogP contribution in [-0.4, -0.2) is 10.9 Å². The largest absolute Gasteiger partial charge is 0.340 e. The van der Waals surface area contributed by atoms with Gasteiger partial charge in [0.05, 0.1) is 5.52 Å². The van der Waals surface area contributed by atoms with Crippen LogP contribution in [0.1, 0.15) is 23.7 Å². The van der Waals surface area contributed by atoms with Crippen molar-refractivity contribution in [1.29, 1.82) is 0 Å². The minimum Gasteiger partial charge on any atom is -0.340 e. The van der Waals surface area contributed by atoms with Gasteiger partial charge < -0.3 is 4.57 Å². The Kier molecular flexibility index (Phi) is 5.20. The highest BCUT2D eigenvalue weighted by molar-refractivity contribution is 6.17. The number of benzene rings is 4. The summed E-state index contributed by atoms with van der Waals surface area (Å²) in [5, 5.41) is 5.41. The monoisotopic (exact) mass is 365 g/mol. The van der Waals surface area contributed by atoms with Gasteiger partial charge in [-0.3, -0.25) is 4.79 Å². The van der Waals surface area contributed by atoms with E-state index in [4.69, 9.17) is 0 Å². The quantitative estimate of drug-likeness (QED) is 0.320. The summed E-state index contributed by atoms with van der Waals surface area (Å²) in [7, 11) is 0. The highest BCUT2D eigenvalue weighted by Crippen LogP contribution is 2.34. The van der Waals surface area contributed by atoms with Crippen molar-refractivity contribution >= 4 is 38.9 Å². The molecule has 4 aromatic carbocycles. The summed E-state index contributed by atoms with van der Waals surface area (Å²) in [5.74, 6) is 0. The first-order chi connectivity index (χ1) is 13.8. The Bertz CT molecular complexity index is 1230. The van der Waals surface area contributed by atoms with Crippen LogP contribution in [0.4, 0.5) is 0 Å². The lowest BCUT2D eigenvalue weighted by Crippen LogP contribution is -1.96. The minimum atomic E-state index is 0.729. The van der Waals surface area contributed by atoms with Gasteiger partial charge in [0.25, 0.3) is 0 Å². The van der Waals surface area contributed by atoms with Crippen LogP contribution in [0, 0.1) is 0 Å². The fourth-order valence-electron chi connectivity index (χ4n) is 3.81. The molecule has 0 atom stereocenters. The van der Waals surface area contributed by atoms with Crippen molar-refractivity contribution < 1.29 is 4.79 Å². The molecule has 0 amide bonds. The molecule has 0 fully saturated rings. The molecule has 0 saturated carbocycles. The lowest BCUT2D eigenvalue weighted by Gasteiger charge is -2.07. The Morgan fingerprint density at radius 1 is 0.714 bits per heavy atom. The van der Waals surface area contributed by atoms with Crippen LogP contribution in [0.5, 0.6) is 0 Å². The molecule has 28 heavy (non-hydrogen) atoms. The summed E-state index contributed by atoms with van der Waals surface area (Å²) in [5.41, 5.74) is 3.46. The molecule has 0 aliphatic carbocycles. The van der Waals surface area contributed by atoms with Gasteiger partial charge in [0, 0.05) is 33.8 Å². The molecule has 138 valence electrons. The summed E-state index contributed by atoms with van der Waals surface area (Å²) < 4.78 is 2.48. The second-order valence-corrected chi connectivity index (χ2v) is 6.88. The summed E-state index contributed by atoms with van der Waals surface area (Å²) in [4.78, 5) is 10.0. The number of aryl methyl sites for hydroxylation is 1. The van der Waals surface area contributed by atoms with Crippen LogP contribution in [-0.2, 0) is 6.54 Å². The summed E-state index contributed by atoms with van der Waals surface area (Å²) in [6.07, 6.45) is 1.98. The van der Waals surface area contributed by atoms with Crippen molar-refractivity contribution in [2.75, 3.05) is 0 Å². The number of hydrogen-bond donors (Lipinski definition) is 0. The smallest absolute Gasteiger partial charge is 0.150 e. The van der Waals surface area contributed by atoms with Crippen LogP contribution in [0.15, 0.2) is 91.0 Å². The maximum Gasteiger partial charge on any atom is 0.150 e. The normalized spacial score (nSPS) is 10.8. The fraction of sp³-hybridized carbons (Fsp3) is 0.115. The van der Waals surface area contributed by atoms with E-state index >= 15 is 0 Å². The first kappa shape index (κ1) is 18.0. The Morgan fingerprint density at radius 3 is 2.11 bits per heavy atom. The van der Waals surface area contributed by atoms with E-state index in [2.05, 4.69) is 72.2 Å². The van der Waals surface area contributed by atoms with Gasteiger partial charge in [0.1, 0.15) is 6.29 Å². The van der Waals surface area contributed by atoms with Crippen molar-refractivity contribution in [3.05, 3.63) is 96.6 Å². The van der Waals surface area contributed by atoms with Crippen molar-refractivity contribution in [3.8, 4) is 0 Å². The molecule has 2 heteroatoms. The number of aldehydes is 1. The van der Waals surface area contributed by atoms with Crippen molar-refractivity contribution in [1.82, 2.24) is 4.57 Å². The molecule has 1 heterocycles. The first-order valence-corrected chi connectivity index (χ1v) is 9.72. The molecule has 5 aromatic rings. The predicted molar refractivity (Wildman–Crippen MR) is 119 cm³/mol. The molecule has 0 aliphatic rings. The number of carbonyl (C=O) groups is 1.